The van der Waals surface area contributed by atoms with Crippen molar-refractivity contribution in [2.75, 3.05) is 7.11 Å². The van der Waals surface area contributed by atoms with Crippen molar-refractivity contribution in [3.05, 3.63) is 66.0 Å². The molecule has 3 aromatic rings. The lowest BCUT2D eigenvalue weighted by Crippen LogP contribution is -2.25. The van der Waals surface area contributed by atoms with Crippen LogP contribution in [-0.4, -0.2) is 35.1 Å². The second-order valence-corrected chi connectivity index (χ2v) is 8.46. The highest BCUT2D eigenvalue weighted by atomic mass is 79.9. The summed E-state index contributed by atoms with van der Waals surface area (Å²) in [5, 5.41) is 5.00. The average Bonchev–Trinajstić information content (AvgIpc) is 2.70. The number of ether oxygens (including phenoxy) is 2. The lowest BCUT2D eigenvalue weighted by molar-refractivity contribution is -0.147. The van der Waals surface area contributed by atoms with Gasteiger partial charge in [0, 0.05) is 4.47 Å². The summed E-state index contributed by atoms with van der Waals surface area (Å²) in [6.45, 7) is 3.26. The van der Waals surface area contributed by atoms with Crippen LogP contribution in [-0.2, 0) is 9.53 Å². The summed E-state index contributed by atoms with van der Waals surface area (Å²) in [5.41, 5.74) is 0.928. The van der Waals surface area contributed by atoms with Crippen molar-refractivity contribution in [3.63, 3.8) is 0 Å². The van der Waals surface area contributed by atoms with E-state index in [9.17, 15) is 9.59 Å². The zero-order valence-corrected chi connectivity index (χ0v) is 20.1. The van der Waals surface area contributed by atoms with Gasteiger partial charge in [0.25, 0.3) is 5.56 Å². The van der Waals surface area contributed by atoms with Crippen molar-refractivity contribution in [1.82, 2.24) is 9.66 Å². The Morgan fingerprint density at radius 1 is 1.30 bits per heavy atom. The first kappa shape index (κ1) is 22.5. The summed E-state index contributed by atoms with van der Waals surface area (Å²) in [6.07, 6.45) is 0.664. The monoisotopic (exact) mass is 555 g/mol. The summed E-state index contributed by atoms with van der Waals surface area (Å²) in [4.78, 5) is 28.8. The van der Waals surface area contributed by atoms with Crippen LogP contribution >= 0.6 is 43.5 Å². The van der Waals surface area contributed by atoms with Crippen molar-refractivity contribution < 1.29 is 14.3 Å². The van der Waals surface area contributed by atoms with E-state index in [4.69, 9.17) is 16.3 Å². The maximum absolute atomic E-state index is 12.8. The molecule has 0 aliphatic carbocycles. The lowest BCUT2D eigenvalue weighted by atomic mass is 10.2. The van der Waals surface area contributed by atoms with E-state index in [0.717, 1.165) is 4.47 Å². The molecule has 1 heterocycles. The van der Waals surface area contributed by atoms with Gasteiger partial charge in [-0.05, 0) is 65.7 Å². The minimum atomic E-state index is -0.826. The summed E-state index contributed by atoms with van der Waals surface area (Å²) >= 11 is 13.1. The molecule has 0 spiro atoms. The van der Waals surface area contributed by atoms with Gasteiger partial charge in [-0.3, -0.25) is 4.79 Å². The van der Waals surface area contributed by atoms with Crippen LogP contribution in [0.3, 0.4) is 0 Å². The molecule has 3 rings (SSSR count). The summed E-state index contributed by atoms with van der Waals surface area (Å²) in [6, 6.07) is 8.62. The Morgan fingerprint density at radius 3 is 2.70 bits per heavy atom. The third-order valence-electron chi connectivity index (χ3n) is 4.14. The molecular weight excluding hydrogens is 541 g/mol. The fraction of sp³-hybridized carbons (Fsp3) is 0.200. The number of hydrogen-bond acceptors (Lipinski definition) is 6. The molecule has 7 nitrogen and oxygen atoms in total. The zero-order valence-electron chi connectivity index (χ0n) is 16.1. The van der Waals surface area contributed by atoms with E-state index in [0.29, 0.717) is 32.5 Å². The molecule has 2 aromatic carbocycles. The SMILES string of the molecule is COC(=O)[C@H](C)Oc1c(Cl)cc(C=Nn2c(C)nc3ccc(Br)cc3c2=O)cc1Br. The topological polar surface area (TPSA) is 82.8 Å². The van der Waals surface area contributed by atoms with Crippen LogP contribution in [0, 0.1) is 6.92 Å². The van der Waals surface area contributed by atoms with Crippen LogP contribution in [0.2, 0.25) is 5.02 Å². The van der Waals surface area contributed by atoms with Crippen LogP contribution in [0.5, 0.6) is 5.75 Å². The standard InChI is InChI=1S/C20H16Br2ClN3O4/c1-10(20(28)29-3)30-18-15(22)6-12(7-16(18)23)9-24-26-11(2)25-17-5-4-13(21)8-14(17)19(26)27/h4-10H,1-3H3/t10-/m0/s1. The largest absolute Gasteiger partial charge is 0.476 e. The Labute approximate surface area is 193 Å². The van der Waals surface area contributed by atoms with E-state index in [1.165, 1.54) is 18.0 Å². The van der Waals surface area contributed by atoms with E-state index in [-0.39, 0.29) is 10.6 Å². The maximum Gasteiger partial charge on any atom is 0.346 e. The van der Waals surface area contributed by atoms with Crippen molar-refractivity contribution in [3.8, 4) is 5.75 Å². The number of fused-ring (bicyclic) bond motifs is 1. The van der Waals surface area contributed by atoms with Gasteiger partial charge in [-0.1, -0.05) is 27.5 Å². The molecule has 0 aliphatic heterocycles. The first-order chi connectivity index (χ1) is 14.2. The van der Waals surface area contributed by atoms with Gasteiger partial charge in [-0.15, -0.1) is 0 Å². The second-order valence-electron chi connectivity index (χ2n) is 6.28. The highest BCUT2D eigenvalue weighted by Crippen LogP contribution is 2.35. The van der Waals surface area contributed by atoms with E-state index in [2.05, 4.69) is 46.7 Å². The molecule has 0 saturated carbocycles. The molecule has 30 heavy (non-hydrogen) atoms. The Morgan fingerprint density at radius 2 is 2.03 bits per heavy atom. The van der Waals surface area contributed by atoms with Gasteiger partial charge < -0.3 is 9.47 Å². The molecule has 1 atom stereocenters. The molecule has 0 unspecified atom stereocenters. The number of hydrogen-bond donors (Lipinski definition) is 0. The van der Waals surface area contributed by atoms with Crippen LogP contribution < -0.4 is 10.3 Å². The summed E-state index contributed by atoms with van der Waals surface area (Å²) < 4.78 is 12.8. The second kappa shape index (κ2) is 9.28. The first-order valence-electron chi connectivity index (χ1n) is 8.68. The van der Waals surface area contributed by atoms with Crippen molar-refractivity contribution in [2.24, 2.45) is 5.10 Å². The number of carbonyl (C=O) groups excluding carboxylic acids is 1. The molecule has 0 N–H and O–H groups in total. The van der Waals surface area contributed by atoms with Gasteiger partial charge in [0.15, 0.2) is 11.9 Å². The average molecular weight is 558 g/mol. The third-order valence-corrected chi connectivity index (χ3v) is 5.50. The molecule has 156 valence electrons. The molecule has 1 aromatic heterocycles. The molecule has 0 aliphatic rings. The lowest BCUT2D eigenvalue weighted by Gasteiger charge is -2.15. The molecule has 0 amide bonds. The van der Waals surface area contributed by atoms with Crippen LogP contribution in [0.4, 0.5) is 0 Å². The molecule has 0 radical (unpaired) electrons. The number of aryl methyl sites for hydroxylation is 1. The minimum absolute atomic E-state index is 0.270. The quantitative estimate of drug-likeness (QED) is 0.335. The molecule has 0 bridgehead atoms. The zero-order chi connectivity index (χ0) is 22.0. The number of benzene rings is 2. The maximum atomic E-state index is 12.8. The van der Waals surface area contributed by atoms with Crippen LogP contribution in [0.1, 0.15) is 18.3 Å². The number of halogens is 3. The van der Waals surface area contributed by atoms with E-state index in [1.807, 2.05) is 6.07 Å². The molecule has 0 fully saturated rings. The normalized spacial score (nSPS) is 12.3. The summed E-state index contributed by atoms with van der Waals surface area (Å²) in [5.74, 6) is 0.231. The third kappa shape index (κ3) is 4.74. The molecule has 10 heteroatoms. The fourth-order valence-corrected chi connectivity index (χ4v) is 4.00. The van der Waals surface area contributed by atoms with Crippen LogP contribution in [0.15, 0.2) is 49.2 Å². The molecular formula is C20H16Br2ClN3O4. The van der Waals surface area contributed by atoms with Crippen LogP contribution in [0.25, 0.3) is 10.9 Å². The number of methoxy groups -OCH3 is 1. The number of aromatic nitrogens is 2. The number of carbonyl (C=O) groups is 1. The van der Waals surface area contributed by atoms with Crippen molar-refractivity contribution >= 4 is 66.5 Å². The van der Waals surface area contributed by atoms with Crippen molar-refractivity contribution in [1.29, 1.82) is 0 Å². The van der Waals surface area contributed by atoms with Gasteiger partial charge in [0.05, 0.1) is 33.7 Å². The van der Waals surface area contributed by atoms with E-state index in [1.54, 1.807) is 38.1 Å². The van der Waals surface area contributed by atoms with Gasteiger partial charge in [0.2, 0.25) is 0 Å². The first-order valence-corrected chi connectivity index (χ1v) is 10.6. The van der Waals surface area contributed by atoms with Gasteiger partial charge in [-0.25, -0.2) is 9.78 Å². The number of nitrogens with zero attached hydrogens (tertiary/aromatic N) is 3. The van der Waals surface area contributed by atoms with E-state index < -0.39 is 12.1 Å². The van der Waals surface area contributed by atoms with E-state index >= 15 is 0 Å². The number of rotatable bonds is 5. The van der Waals surface area contributed by atoms with Crippen molar-refractivity contribution in [2.45, 2.75) is 20.0 Å². The highest BCUT2D eigenvalue weighted by Gasteiger charge is 2.19. The smallest absolute Gasteiger partial charge is 0.346 e. The Bertz CT molecular complexity index is 1200. The fourth-order valence-electron chi connectivity index (χ4n) is 2.68. The minimum Gasteiger partial charge on any atom is -0.476 e. The summed E-state index contributed by atoms with van der Waals surface area (Å²) in [7, 11) is 1.28. The predicted molar refractivity (Wildman–Crippen MR) is 123 cm³/mol. The van der Waals surface area contributed by atoms with Gasteiger partial charge in [0.1, 0.15) is 5.82 Å². The van der Waals surface area contributed by atoms with Gasteiger partial charge >= 0.3 is 5.97 Å². The Hall–Kier alpha value is -2.23. The Kier molecular flexibility index (Phi) is 6.95. The number of esters is 1. The highest BCUT2D eigenvalue weighted by molar-refractivity contribution is 9.10. The molecule has 0 saturated heterocycles. The van der Waals surface area contributed by atoms with Gasteiger partial charge in [-0.2, -0.15) is 9.78 Å². The Balaban J connectivity index is 1.95. The predicted octanol–water partition coefficient (Wildman–Crippen LogP) is 4.71.